The van der Waals surface area contributed by atoms with Gasteiger partial charge in [0.15, 0.2) is 0 Å². The van der Waals surface area contributed by atoms with E-state index in [0.717, 1.165) is 5.56 Å². The number of hydrogen-bond acceptors (Lipinski definition) is 2. The molecule has 2 aromatic carbocycles. The van der Waals surface area contributed by atoms with Crippen molar-refractivity contribution in [2.24, 2.45) is 0 Å². The Morgan fingerprint density at radius 3 is 2.78 bits per heavy atom. The minimum Gasteiger partial charge on any atom is -0.328 e. The van der Waals surface area contributed by atoms with Crippen LogP contribution >= 0.6 is 11.6 Å². The third kappa shape index (κ3) is 4.50. The number of hydrogen-bond donors (Lipinski definition) is 2. The molecule has 122 valence electrons. The zero-order chi connectivity index (χ0) is 16.8. The molecule has 0 aliphatic rings. The van der Waals surface area contributed by atoms with Crippen molar-refractivity contribution in [2.45, 2.75) is 19.4 Å². The van der Waals surface area contributed by atoms with Gasteiger partial charge in [0.05, 0.1) is 5.02 Å². The number of carbonyl (C=O) groups is 1. The summed E-state index contributed by atoms with van der Waals surface area (Å²) < 4.78 is 27.2. The second-order valence-electron chi connectivity index (χ2n) is 5.24. The molecular weight excluding hydrogens is 322 g/mol. The topological polar surface area (TPSA) is 41.1 Å². The Bertz CT molecular complexity index is 694. The molecule has 1 atom stereocenters. The highest BCUT2D eigenvalue weighted by molar-refractivity contribution is 6.30. The van der Waals surface area contributed by atoms with Crippen molar-refractivity contribution >= 4 is 23.7 Å². The van der Waals surface area contributed by atoms with Gasteiger partial charge in [0.1, 0.15) is 11.6 Å². The van der Waals surface area contributed by atoms with E-state index in [2.05, 4.69) is 10.6 Å². The number of halogens is 3. The summed E-state index contributed by atoms with van der Waals surface area (Å²) in [6.45, 7) is 2.81. The van der Waals surface area contributed by atoms with Crippen LogP contribution in [0.4, 0.5) is 14.5 Å². The lowest BCUT2D eigenvalue weighted by molar-refractivity contribution is -0.105. The molecule has 0 heterocycles. The smallest absolute Gasteiger partial charge is 0.211 e. The van der Waals surface area contributed by atoms with Gasteiger partial charge in [-0.25, -0.2) is 8.78 Å². The van der Waals surface area contributed by atoms with E-state index in [1.54, 1.807) is 18.2 Å². The van der Waals surface area contributed by atoms with Crippen molar-refractivity contribution in [1.82, 2.24) is 5.32 Å². The Kier molecular flexibility index (Phi) is 6.07. The van der Waals surface area contributed by atoms with Crippen LogP contribution in [0.2, 0.25) is 5.02 Å². The molecule has 0 radical (unpaired) electrons. The van der Waals surface area contributed by atoms with Crippen LogP contribution in [-0.4, -0.2) is 13.0 Å². The van der Waals surface area contributed by atoms with Crippen LogP contribution in [0.15, 0.2) is 36.4 Å². The summed E-state index contributed by atoms with van der Waals surface area (Å²) in [4.78, 5) is 10.6. The summed E-state index contributed by atoms with van der Waals surface area (Å²) in [7, 11) is 0. The normalized spacial score (nSPS) is 12.0. The molecule has 0 saturated carbocycles. The maximum atomic E-state index is 14.0. The maximum absolute atomic E-state index is 14.0. The zero-order valence-corrected chi connectivity index (χ0v) is 13.3. The monoisotopic (exact) mass is 338 g/mol. The largest absolute Gasteiger partial charge is 0.328 e. The molecule has 0 aliphatic carbocycles. The van der Waals surface area contributed by atoms with Crippen molar-refractivity contribution in [1.29, 1.82) is 0 Å². The van der Waals surface area contributed by atoms with E-state index in [-0.39, 0.29) is 10.9 Å². The first-order valence-corrected chi connectivity index (χ1v) is 7.54. The number of benzene rings is 2. The zero-order valence-electron chi connectivity index (χ0n) is 12.6. The Morgan fingerprint density at radius 1 is 1.26 bits per heavy atom. The highest BCUT2D eigenvalue weighted by Crippen LogP contribution is 2.24. The van der Waals surface area contributed by atoms with Crippen molar-refractivity contribution in [3.8, 4) is 0 Å². The Balaban J connectivity index is 1.99. The van der Waals surface area contributed by atoms with Gasteiger partial charge < -0.3 is 10.6 Å². The van der Waals surface area contributed by atoms with Gasteiger partial charge in [-0.3, -0.25) is 4.79 Å². The van der Waals surface area contributed by atoms with Crippen LogP contribution < -0.4 is 10.6 Å². The molecule has 23 heavy (non-hydrogen) atoms. The van der Waals surface area contributed by atoms with E-state index in [1.165, 1.54) is 18.2 Å². The Morgan fingerprint density at radius 2 is 2.04 bits per heavy atom. The predicted molar refractivity (Wildman–Crippen MR) is 87.6 cm³/mol. The molecule has 2 aromatic rings. The lowest BCUT2D eigenvalue weighted by Gasteiger charge is -2.15. The standard InChI is InChI=1S/C17H17ClF2N2O/c1-11(14-3-2-4-15(18)17(14)20)8-21-9-12-5-6-13(19)7-16(12)22-10-23/h2-7,10-11,21H,8-9H2,1H3,(H,22,23). The first-order chi connectivity index (χ1) is 11.0. The van der Waals surface area contributed by atoms with Gasteiger partial charge in [-0.1, -0.05) is 36.7 Å². The van der Waals surface area contributed by atoms with E-state index in [9.17, 15) is 13.6 Å². The molecule has 1 unspecified atom stereocenters. The lowest BCUT2D eigenvalue weighted by atomic mass is 10.0. The van der Waals surface area contributed by atoms with Gasteiger partial charge in [-0.2, -0.15) is 0 Å². The fourth-order valence-corrected chi connectivity index (χ4v) is 2.52. The summed E-state index contributed by atoms with van der Waals surface area (Å²) in [5.41, 5.74) is 1.70. The SMILES string of the molecule is CC(CNCc1ccc(F)cc1NC=O)c1cccc(Cl)c1F. The molecule has 0 spiro atoms. The lowest BCUT2D eigenvalue weighted by Crippen LogP contribution is -2.21. The highest BCUT2D eigenvalue weighted by atomic mass is 35.5. The molecule has 0 bridgehead atoms. The van der Waals surface area contributed by atoms with Crippen LogP contribution in [-0.2, 0) is 11.3 Å². The minimum atomic E-state index is -0.424. The summed E-state index contributed by atoms with van der Waals surface area (Å²) in [6.07, 6.45) is 0.502. The van der Waals surface area contributed by atoms with E-state index < -0.39 is 11.6 Å². The second-order valence-corrected chi connectivity index (χ2v) is 5.65. The molecule has 1 amide bonds. The van der Waals surface area contributed by atoms with Crippen LogP contribution in [0, 0.1) is 11.6 Å². The minimum absolute atomic E-state index is 0.0865. The third-order valence-electron chi connectivity index (χ3n) is 3.56. The van der Waals surface area contributed by atoms with Gasteiger partial charge >= 0.3 is 0 Å². The number of nitrogens with one attached hydrogen (secondary N) is 2. The average Bonchev–Trinajstić information content (AvgIpc) is 2.52. The van der Waals surface area contributed by atoms with E-state index >= 15 is 0 Å². The predicted octanol–water partition coefficient (Wildman–Crippen LogP) is 4.08. The fraction of sp³-hybridized carbons (Fsp3) is 0.235. The van der Waals surface area contributed by atoms with E-state index in [0.29, 0.717) is 30.8 Å². The van der Waals surface area contributed by atoms with Gasteiger partial charge in [0.25, 0.3) is 0 Å². The van der Waals surface area contributed by atoms with Crippen LogP contribution in [0.1, 0.15) is 24.0 Å². The summed E-state index contributed by atoms with van der Waals surface area (Å²) >= 11 is 5.79. The third-order valence-corrected chi connectivity index (χ3v) is 3.86. The number of carbonyl (C=O) groups excluding carboxylic acids is 1. The Labute approximate surface area is 138 Å². The summed E-state index contributed by atoms with van der Waals surface area (Å²) in [5.74, 6) is -0.919. The molecule has 0 aromatic heterocycles. The molecule has 0 fully saturated rings. The second kappa shape index (κ2) is 8.04. The summed E-state index contributed by atoms with van der Waals surface area (Å²) in [5, 5.41) is 5.74. The molecule has 3 nitrogen and oxygen atoms in total. The van der Waals surface area contributed by atoms with Crippen LogP contribution in [0.25, 0.3) is 0 Å². The summed E-state index contributed by atoms with van der Waals surface area (Å²) in [6, 6.07) is 9.10. The Hall–Kier alpha value is -1.98. The highest BCUT2D eigenvalue weighted by Gasteiger charge is 2.13. The van der Waals surface area contributed by atoms with E-state index in [1.807, 2.05) is 6.92 Å². The number of amides is 1. The van der Waals surface area contributed by atoms with Crippen molar-refractivity contribution in [2.75, 3.05) is 11.9 Å². The molecule has 2 N–H and O–H groups in total. The number of rotatable bonds is 7. The number of anilines is 1. The van der Waals surface area contributed by atoms with E-state index in [4.69, 9.17) is 11.6 Å². The first kappa shape index (κ1) is 17.4. The average molecular weight is 339 g/mol. The first-order valence-electron chi connectivity index (χ1n) is 7.16. The van der Waals surface area contributed by atoms with Gasteiger partial charge in [-0.05, 0) is 35.2 Å². The van der Waals surface area contributed by atoms with Gasteiger partial charge in [0.2, 0.25) is 6.41 Å². The van der Waals surface area contributed by atoms with Crippen molar-refractivity contribution in [3.63, 3.8) is 0 Å². The quantitative estimate of drug-likeness (QED) is 0.747. The maximum Gasteiger partial charge on any atom is 0.211 e. The molecule has 0 saturated heterocycles. The van der Waals surface area contributed by atoms with Crippen LogP contribution in [0.5, 0.6) is 0 Å². The van der Waals surface area contributed by atoms with Crippen molar-refractivity contribution in [3.05, 3.63) is 64.2 Å². The van der Waals surface area contributed by atoms with Crippen LogP contribution in [0.3, 0.4) is 0 Å². The molecular formula is C17H17ClF2N2O. The van der Waals surface area contributed by atoms with Gasteiger partial charge in [0, 0.05) is 18.8 Å². The molecule has 6 heteroatoms. The van der Waals surface area contributed by atoms with Crippen molar-refractivity contribution < 1.29 is 13.6 Å². The fourth-order valence-electron chi connectivity index (χ4n) is 2.34. The van der Waals surface area contributed by atoms with Gasteiger partial charge in [-0.15, -0.1) is 0 Å². The molecule has 2 rings (SSSR count). The molecule has 0 aliphatic heterocycles.